The highest BCUT2D eigenvalue weighted by Gasteiger charge is 2.19. The molecule has 6 heteroatoms. The predicted octanol–water partition coefficient (Wildman–Crippen LogP) is 24.1. The Labute approximate surface area is 513 Å². The van der Waals surface area contributed by atoms with Crippen LogP contribution in [0.4, 0.5) is 0 Å². The van der Waals surface area contributed by atoms with Gasteiger partial charge in [-0.1, -0.05) is 296 Å². The van der Waals surface area contributed by atoms with Crippen molar-refractivity contribution >= 4 is 17.9 Å². The fourth-order valence-electron chi connectivity index (χ4n) is 9.43. The maximum absolute atomic E-state index is 12.9. The van der Waals surface area contributed by atoms with Crippen molar-refractivity contribution in [1.29, 1.82) is 0 Å². The van der Waals surface area contributed by atoms with Crippen molar-refractivity contribution in [2.24, 2.45) is 0 Å². The standard InChI is InChI=1S/C77H128O6/c1-4-7-10-13-16-19-22-25-27-29-31-33-35-36-37-38-39-40-42-43-45-47-49-52-55-58-61-64-67-70-76(79)82-73-74(72-81-75(78)69-66-63-60-57-54-51-24-21-18-15-12-9-6-3)83-77(80)71-68-65-62-59-56-53-50-48-46-44-41-34-32-30-28-26-23-20-17-14-11-8-5-2/h7,10,12,15-16,19,21,23-27,30-33,36-37,39-41,44,74H,4-6,8-9,11,13-14,17-18,20,22,28-29,34-35,38,42-43,45-73H2,1-3H3/b10-7-,15-12-,19-16-,24-21-,26-23-,27-25-,32-30-,33-31-,37-36-,40-39-,44-41-. The van der Waals surface area contributed by atoms with Crippen LogP contribution in [0.15, 0.2) is 134 Å². The minimum absolute atomic E-state index is 0.0905. The molecule has 0 aliphatic heterocycles. The van der Waals surface area contributed by atoms with E-state index in [-0.39, 0.29) is 31.1 Å². The molecule has 0 heterocycles. The fraction of sp³-hybridized carbons (Fsp3) is 0.675. The van der Waals surface area contributed by atoms with Gasteiger partial charge in [-0.25, -0.2) is 0 Å². The van der Waals surface area contributed by atoms with Crippen LogP contribution in [-0.2, 0) is 28.6 Å². The van der Waals surface area contributed by atoms with E-state index in [1.807, 2.05) is 0 Å². The molecule has 0 aromatic carbocycles. The third-order valence-electron chi connectivity index (χ3n) is 14.6. The Bertz CT molecular complexity index is 1750. The van der Waals surface area contributed by atoms with Crippen LogP contribution >= 0.6 is 0 Å². The first-order valence-electron chi connectivity index (χ1n) is 34.7. The van der Waals surface area contributed by atoms with Gasteiger partial charge in [0.25, 0.3) is 0 Å². The Balaban J connectivity index is 4.34. The lowest BCUT2D eigenvalue weighted by atomic mass is 10.1. The van der Waals surface area contributed by atoms with E-state index in [4.69, 9.17) is 14.2 Å². The van der Waals surface area contributed by atoms with Gasteiger partial charge >= 0.3 is 17.9 Å². The summed E-state index contributed by atoms with van der Waals surface area (Å²) in [6.45, 7) is 6.45. The molecule has 0 rings (SSSR count). The van der Waals surface area contributed by atoms with Crippen molar-refractivity contribution in [2.75, 3.05) is 13.2 Å². The lowest BCUT2D eigenvalue weighted by molar-refractivity contribution is -0.167. The number of ether oxygens (including phenoxy) is 3. The summed E-state index contributed by atoms with van der Waals surface area (Å²) in [6, 6.07) is 0. The summed E-state index contributed by atoms with van der Waals surface area (Å²) in [5.41, 5.74) is 0. The van der Waals surface area contributed by atoms with Crippen LogP contribution < -0.4 is 0 Å². The Morgan fingerprint density at radius 3 is 0.783 bits per heavy atom. The first kappa shape index (κ1) is 78.5. The molecule has 0 saturated carbocycles. The molecule has 1 unspecified atom stereocenters. The first-order valence-corrected chi connectivity index (χ1v) is 34.7. The molecule has 0 fully saturated rings. The molecule has 472 valence electrons. The van der Waals surface area contributed by atoms with Crippen LogP contribution in [-0.4, -0.2) is 37.2 Å². The number of allylic oxidation sites excluding steroid dienone is 22. The average molecular weight is 1150 g/mol. The summed E-state index contributed by atoms with van der Waals surface area (Å²) in [7, 11) is 0. The summed E-state index contributed by atoms with van der Waals surface area (Å²) in [6.07, 6.45) is 98.9. The van der Waals surface area contributed by atoms with Crippen LogP contribution in [0.1, 0.15) is 316 Å². The van der Waals surface area contributed by atoms with E-state index < -0.39 is 6.10 Å². The number of hydrogen-bond donors (Lipinski definition) is 0. The topological polar surface area (TPSA) is 78.9 Å². The first-order chi connectivity index (χ1) is 41.0. The molecular formula is C77H128O6. The molecule has 0 aliphatic carbocycles. The van der Waals surface area contributed by atoms with Crippen molar-refractivity contribution in [3.63, 3.8) is 0 Å². The highest BCUT2D eigenvalue weighted by molar-refractivity contribution is 5.71. The fourth-order valence-corrected chi connectivity index (χ4v) is 9.43. The van der Waals surface area contributed by atoms with Gasteiger partial charge in [0.15, 0.2) is 6.10 Å². The van der Waals surface area contributed by atoms with E-state index in [0.29, 0.717) is 19.3 Å². The smallest absolute Gasteiger partial charge is 0.306 e. The van der Waals surface area contributed by atoms with Gasteiger partial charge < -0.3 is 14.2 Å². The molecule has 1 atom stereocenters. The average Bonchev–Trinajstić information content (AvgIpc) is 3.49. The second-order valence-corrected chi connectivity index (χ2v) is 22.7. The monoisotopic (exact) mass is 1150 g/mol. The Morgan fingerprint density at radius 2 is 0.494 bits per heavy atom. The van der Waals surface area contributed by atoms with Crippen LogP contribution in [0.2, 0.25) is 0 Å². The SMILES string of the molecule is CC/C=C\C/C=C\C/C=C\C/C=C\C/C=C\C/C=C\CCCCCCCCCCCCC(=O)OCC(COC(=O)CCCCCCC/C=C\C/C=C\CCC)OC(=O)CCCCCCCCCC/C=C\C/C=C\C/C=C\CCCCCCC. The molecule has 0 aliphatic rings. The number of carbonyl (C=O) groups excluding carboxylic acids is 3. The van der Waals surface area contributed by atoms with Crippen LogP contribution in [0.3, 0.4) is 0 Å². The molecule has 0 spiro atoms. The maximum Gasteiger partial charge on any atom is 0.306 e. The molecule has 0 bridgehead atoms. The van der Waals surface area contributed by atoms with Gasteiger partial charge in [0.05, 0.1) is 0 Å². The molecule has 0 saturated heterocycles. The summed E-state index contributed by atoms with van der Waals surface area (Å²) in [5, 5.41) is 0. The molecule has 0 amide bonds. The number of unbranched alkanes of at least 4 members (excludes halogenated alkanes) is 29. The van der Waals surface area contributed by atoms with Crippen molar-refractivity contribution in [3.8, 4) is 0 Å². The van der Waals surface area contributed by atoms with Gasteiger partial charge in [-0.3, -0.25) is 14.4 Å². The van der Waals surface area contributed by atoms with Crippen molar-refractivity contribution in [1.82, 2.24) is 0 Å². The zero-order chi connectivity index (χ0) is 59.9. The highest BCUT2D eigenvalue weighted by Crippen LogP contribution is 2.16. The van der Waals surface area contributed by atoms with Gasteiger partial charge in [0.1, 0.15) is 13.2 Å². The maximum atomic E-state index is 12.9. The lowest BCUT2D eigenvalue weighted by Gasteiger charge is -2.18. The minimum atomic E-state index is -0.796. The molecular weight excluding hydrogens is 1020 g/mol. The Hall–Kier alpha value is -4.45. The lowest BCUT2D eigenvalue weighted by Crippen LogP contribution is -2.30. The van der Waals surface area contributed by atoms with Gasteiger partial charge in [-0.2, -0.15) is 0 Å². The summed E-state index contributed by atoms with van der Waals surface area (Å²) < 4.78 is 16.9. The summed E-state index contributed by atoms with van der Waals surface area (Å²) in [5.74, 6) is -0.910. The largest absolute Gasteiger partial charge is 0.462 e. The molecule has 0 N–H and O–H groups in total. The van der Waals surface area contributed by atoms with E-state index in [9.17, 15) is 14.4 Å². The van der Waals surface area contributed by atoms with Crippen molar-refractivity contribution in [3.05, 3.63) is 134 Å². The van der Waals surface area contributed by atoms with Gasteiger partial charge in [0.2, 0.25) is 0 Å². The van der Waals surface area contributed by atoms with E-state index in [0.717, 1.165) is 148 Å². The van der Waals surface area contributed by atoms with E-state index in [1.165, 1.54) is 128 Å². The van der Waals surface area contributed by atoms with Gasteiger partial charge in [-0.15, -0.1) is 0 Å². The second kappa shape index (κ2) is 70.0. The molecule has 0 radical (unpaired) electrons. The Morgan fingerprint density at radius 1 is 0.253 bits per heavy atom. The Kier molecular flexibility index (Phi) is 66.3. The minimum Gasteiger partial charge on any atom is -0.462 e. The zero-order valence-electron chi connectivity index (χ0n) is 54.2. The van der Waals surface area contributed by atoms with Crippen LogP contribution in [0, 0.1) is 0 Å². The van der Waals surface area contributed by atoms with E-state index in [2.05, 4.69) is 154 Å². The number of carbonyl (C=O) groups is 3. The van der Waals surface area contributed by atoms with Crippen molar-refractivity contribution < 1.29 is 28.6 Å². The van der Waals surface area contributed by atoms with E-state index in [1.54, 1.807) is 0 Å². The molecule has 83 heavy (non-hydrogen) atoms. The number of esters is 3. The summed E-state index contributed by atoms with van der Waals surface area (Å²) >= 11 is 0. The third kappa shape index (κ3) is 68.2. The number of rotatable bonds is 62. The molecule has 6 nitrogen and oxygen atoms in total. The third-order valence-corrected chi connectivity index (χ3v) is 14.6. The molecule has 0 aromatic rings. The normalized spacial score (nSPS) is 13.0. The predicted molar refractivity (Wildman–Crippen MR) is 362 cm³/mol. The second-order valence-electron chi connectivity index (χ2n) is 22.7. The van der Waals surface area contributed by atoms with Gasteiger partial charge in [0, 0.05) is 19.3 Å². The van der Waals surface area contributed by atoms with Crippen molar-refractivity contribution in [2.45, 2.75) is 322 Å². The molecule has 0 aromatic heterocycles. The van der Waals surface area contributed by atoms with Crippen LogP contribution in [0.25, 0.3) is 0 Å². The van der Waals surface area contributed by atoms with Crippen LogP contribution in [0.5, 0.6) is 0 Å². The zero-order valence-corrected chi connectivity index (χ0v) is 54.2. The summed E-state index contributed by atoms with van der Waals surface area (Å²) in [4.78, 5) is 38.4. The number of hydrogen-bond acceptors (Lipinski definition) is 6. The van der Waals surface area contributed by atoms with E-state index >= 15 is 0 Å². The highest BCUT2D eigenvalue weighted by atomic mass is 16.6. The quantitative estimate of drug-likeness (QED) is 0.0261. The van der Waals surface area contributed by atoms with Gasteiger partial charge in [-0.05, 0) is 135 Å².